The molecule has 1 atom stereocenters. The fourth-order valence-corrected chi connectivity index (χ4v) is 1.46. The maximum atomic E-state index is 9.58. The third-order valence-electron chi connectivity index (χ3n) is 2.11. The molecule has 0 radical (unpaired) electrons. The molecule has 12 heavy (non-hydrogen) atoms. The predicted molar refractivity (Wildman–Crippen MR) is 45.7 cm³/mol. The van der Waals surface area contributed by atoms with Crippen molar-refractivity contribution in [1.29, 1.82) is 0 Å². The molecule has 5 nitrogen and oxygen atoms in total. The Hall–Kier alpha value is -0.770. The van der Waals surface area contributed by atoms with Crippen LogP contribution >= 0.6 is 0 Å². The molecule has 1 heterocycles. The van der Waals surface area contributed by atoms with Crippen LogP contribution in [0.3, 0.4) is 0 Å². The first-order valence-electron chi connectivity index (χ1n) is 4.10. The number of azide groups is 1. The third kappa shape index (κ3) is 2.70. The van der Waals surface area contributed by atoms with Gasteiger partial charge in [-0.2, -0.15) is 0 Å². The summed E-state index contributed by atoms with van der Waals surface area (Å²) in [6.45, 7) is 4.66. The lowest BCUT2D eigenvalue weighted by Gasteiger charge is -2.17. The molecule has 1 fully saturated rings. The lowest BCUT2D eigenvalue weighted by Crippen LogP contribution is -2.30. The predicted octanol–water partition coefficient (Wildman–Crippen LogP) is 0.753. The fourth-order valence-electron chi connectivity index (χ4n) is 1.46. The number of β-amino-alcohol motifs (C(OH)–C–C–N with tert-alkyl or cyclic N) is 1. The lowest BCUT2D eigenvalue weighted by atomic mass is 10.1. The highest BCUT2D eigenvalue weighted by atomic mass is 16.3. The second-order valence-electron chi connectivity index (χ2n) is 3.48. The molecule has 0 aromatic rings. The molecule has 1 saturated heterocycles. The van der Waals surface area contributed by atoms with E-state index in [0.29, 0.717) is 13.1 Å². The number of aliphatic hydroxyl groups is 1. The third-order valence-corrected chi connectivity index (χ3v) is 2.11. The molecular formula is C7H14N4O. The molecule has 68 valence electrons. The van der Waals surface area contributed by atoms with Crippen molar-refractivity contribution in [3.8, 4) is 0 Å². The zero-order valence-electron chi connectivity index (χ0n) is 7.27. The van der Waals surface area contributed by atoms with Gasteiger partial charge in [0.1, 0.15) is 0 Å². The van der Waals surface area contributed by atoms with Crippen LogP contribution in [-0.4, -0.2) is 41.8 Å². The lowest BCUT2D eigenvalue weighted by molar-refractivity contribution is 0.0692. The van der Waals surface area contributed by atoms with Crippen molar-refractivity contribution in [2.24, 2.45) is 5.11 Å². The Morgan fingerprint density at radius 3 is 3.00 bits per heavy atom. The molecule has 0 aromatic carbocycles. The number of hydrogen-bond acceptors (Lipinski definition) is 3. The summed E-state index contributed by atoms with van der Waals surface area (Å²) in [5.41, 5.74) is 7.49. The first-order chi connectivity index (χ1) is 5.64. The van der Waals surface area contributed by atoms with Crippen LogP contribution in [-0.2, 0) is 0 Å². The molecule has 0 aromatic heterocycles. The van der Waals surface area contributed by atoms with Gasteiger partial charge in [-0.15, -0.1) is 0 Å². The standard InChI is InChI=1S/C7H14N4O/c1-7(12)2-4-11(6-7)5-3-9-10-8/h12H,2-6H2,1H3. The number of rotatable bonds is 3. The quantitative estimate of drug-likeness (QED) is 0.385. The highest BCUT2D eigenvalue weighted by Gasteiger charge is 2.30. The van der Waals surface area contributed by atoms with Gasteiger partial charge < -0.3 is 10.0 Å². The van der Waals surface area contributed by atoms with Crippen LogP contribution in [0.2, 0.25) is 0 Å². The molecule has 0 spiro atoms. The van der Waals surface area contributed by atoms with E-state index in [9.17, 15) is 5.11 Å². The molecule has 0 bridgehead atoms. The molecule has 1 N–H and O–H groups in total. The molecule has 0 saturated carbocycles. The molecular weight excluding hydrogens is 156 g/mol. The minimum Gasteiger partial charge on any atom is -0.389 e. The van der Waals surface area contributed by atoms with E-state index in [-0.39, 0.29) is 0 Å². The average molecular weight is 170 g/mol. The summed E-state index contributed by atoms with van der Waals surface area (Å²) in [5, 5.41) is 13.0. The second kappa shape index (κ2) is 3.76. The van der Waals surface area contributed by atoms with Crippen LogP contribution in [0.25, 0.3) is 10.4 Å². The maximum absolute atomic E-state index is 9.58. The summed E-state index contributed by atoms with van der Waals surface area (Å²) in [5.74, 6) is 0. The van der Waals surface area contributed by atoms with Gasteiger partial charge in [0.05, 0.1) is 5.60 Å². The van der Waals surface area contributed by atoms with Gasteiger partial charge in [-0.1, -0.05) is 5.11 Å². The van der Waals surface area contributed by atoms with Crippen molar-refractivity contribution in [2.45, 2.75) is 18.9 Å². The SMILES string of the molecule is CC1(O)CCN(CCN=[N+]=[N-])C1. The van der Waals surface area contributed by atoms with E-state index in [1.807, 2.05) is 6.92 Å². The van der Waals surface area contributed by atoms with E-state index in [2.05, 4.69) is 14.9 Å². The van der Waals surface area contributed by atoms with Gasteiger partial charge in [0.2, 0.25) is 0 Å². The minimum absolute atomic E-state index is 0.493. The normalized spacial score (nSPS) is 30.2. The topological polar surface area (TPSA) is 72.2 Å². The van der Waals surface area contributed by atoms with Gasteiger partial charge in [0, 0.05) is 31.1 Å². The van der Waals surface area contributed by atoms with E-state index in [1.165, 1.54) is 0 Å². The van der Waals surface area contributed by atoms with Crippen molar-refractivity contribution >= 4 is 0 Å². The molecule has 1 rings (SSSR count). The fraction of sp³-hybridized carbons (Fsp3) is 1.00. The van der Waals surface area contributed by atoms with Crippen molar-refractivity contribution in [1.82, 2.24) is 4.90 Å². The van der Waals surface area contributed by atoms with Crippen LogP contribution < -0.4 is 0 Å². The summed E-state index contributed by atoms with van der Waals surface area (Å²) in [4.78, 5) is 4.77. The molecule has 1 aliphatic heterocycles. The molecule has 1 unspecified atom stereocenters. The summed E-state index contributed by atoms with van der Waals surface area (Å²) >= 11 is 0. The van der Waals surface area contributed by atoms with Crippen molar-refractivity contribution in [3.63, 3.8) is 0 Å². The zero-order valence-corrected chi connectivity index (χ0v) is 7.27. The Morgan fingerprint density at radius 1 is 1.75 bits per heavy atom. The van der Waals surface area contributed by atoms with Gasteiger partial charge in [0.25, 0.3) is 0 Å². The Labute approximate surface area is 71.6 Å². The van der Waals surface area contributed by atoms with Crippen LogP contribution in [0.5, 0.6) is 0 Å². The summed E-state index contributed by atoms with van der Waals surface area (Å²) in [7, 11) is 0. The zero-order chi connectivity index (χ0) is 9.03. The maximum Gasteiger partial charge on any atom is 0.0758 e. The Kier molecular flexibility index (Phi) is 2.92. The monoisotopic (exact) mass is 170 g/mol. The summed E-state index contributed by atoms with van der Waals surface area (Å²) < 4.78 is 0. The molecule has 0 amide bonds. The Morgan fingerprint density at radius 2 is 2.50 bits per heavy atom. The van der Waals surface area contributed by atoms with E-state index in [0.717, 1.165) is 19.5 Å². The first kappa shape index (κ1) is 9.32. The number of likely N-dealkylation sites (tertiary alicyclic amines) is 1. The Bertz CT molecular complexity index is 198. The van der Waals surface area contributed by atoms with Gasteiger partial charge in [-0.3, -0.25) is 0 Å². The largest absolute Gasteiger partial charge is 0.389 e. The van der Waals surface area contributed by atoms with Gasteiger partial charge in [-0.05, 0) is 18.9 Å². The minimum atomic E-state index is -0.545. The molecule has 5 heteroatoms. The van der Waals surface area contributed by atoms with Gasteiger partial charge >= 0.3 is 0 Å². The van der Waals surface area contributed by atoms with Crippen molar-refractivity contribution in [2.75, 3.05) is 26.2 Å². The van der Waals surface area contributed by atoms with Gasteiger partial charge in [-0.25, -0.2) is 0 Å². The van der Waals surface area contributed by atoms with Gasteiger partial charge in [0.15, 0.2) is 0 Å². The van der Waals surface area contributed by atoms with E-state index >= 15 is 0 Å². The summed E-state index contributed by atoms with van der Waals surface area (Å²) in [6.07, 6.45) is 0.809. The second-order valence-corrected chi connectivity index (χ2v) is 3.48. The van der Waals surface area contributed by atoms with Crippen molar-refractivity contribution < 1.29 is 5.11 Å². The van der Waals surface area contributed by atoms with Crippen molar-refractivity contribution in [3.05, 3.63) is 10.4 Å². The Balaban J connectivity index is 2.24. The van der Waals surface area contributed by atoms with E-state index < -0.39 is 5.60 Å². The average Bonchev–Trinajstić information content (AvgIpc) is 2.31. The highest BCUT2D eigenvalue weighted by molar-refractivity contribution is 4.85. The van der Waals surface area contributed by atoms with Crippen LogP contribution in [0.15, 0.2) is 5.11 Å². The van der Waals surface area contributed by atoms with E-state index in [4.69, 9.17) is 5.53 Å². The van der Waals surface area contributed by atoms with Crippen LogP contribution in [0, 0.1) is 0 Å². The molecule has 0 aliphatic carbocycles. The first-order valence-corrected chi connectivity index (χ1v) is 4.10. The molecule has 1 aliphatic rings. The number of hydrogen-bond donors (Lipinski definition) is 1. The highest BCUT2D eigenvalue weighted by Crippen LogP contribution is 2.19. The number of nitrogens with zero attached hydrogens (tertiary/aromatic N) is 4. The van der Waals surface area contributed by atoms with E-state index in [1.54, 1.807) is 0 Å². The summed E-state index contributed by atoms with van der Waals surface area (Å²) in [6, 6.07) is 0. The smallest absolute Gasteiger partial charge is 0.0758 e. The van der Waals surface area contributed by atoms with Crippen LogP contribution in [0.1, 0.15) is 13.3 Å². The van der Waals surface area contributed by atoms with Crippen LogP contribution in [0.4, 0.5) is 0 Å².